The summed E-state index contributed by atoms with van der Waals surface area (Å²) in [5, 5.41) is 18.2. The van der Waals surface area contributed by atoms with E-state index in [0.717, 1.165) is 11.3 Å². The molecule has 1 aliphatic heterocycles. The molecule has 0 unspecified atom stereocenters. The van der Waals surface area contributed by atoms with Crippen molar-refractivity contribution >= 4 is 60.6 Å². The van der Waals surface area contributed by atoms with Crippen LogP contribution in [0.5, 0.6) is 5.75 Å². The van der Waals surface area contributed by atoms with Gasteiger partial charge in [0, 0.05) is 17.8 Å². The monoisotopic (exact) mass is 494 g/mol. The van der Waals surface area contributed by atoms with Crippen LogP contribution in [0.1, 0.15) is 17.5 Å². The molecular weight excluding hydrogens is 476 g/mol. The summed E-state index contributed by atoms with van der Waals surface area (Å²) >= 11 is 6.89. The SMILES string of the molecule is N=C(N)c1ccc(N)c(CN2CC[C@H](NS(=O)(=O)c3cc4nc(Cl)ccc4s3)C2=O)c1O. The molecule has 1 fully saturated rings. The average molecular weight is 495 g/mol. The van der Waals surface area contributed by atoms with Gasteiger partial charge < -0.3 is 21.5 Å². The van der Waals surface area contributed by atoms with Crippen LogP contribution in [0.15, 0.2) is 34.5 Å². The van der Waals surface area contributed by atoms with Gasteiger partial charge in [-0.3, -0.25) is 10.2 Å². The van der Waals surface area contributed by atoms with Crippen molar-refractivity contribution < 1.29 is 18.3 Å². The number of amidine groups is 1. The molecule has 1 atom stereocenters. The number of likely N-dealkylation sites (tertiary alicyclic amines) is 1. The summed E-state index contributed by atoms with van der Waals surface area (Å²) in [6.45, 7) is 0.222. The number of aromatic hydroxyl groups is 1. The number of sulfonamides is 1. The number of nitrogens with zero attached hydrogens (tertiary/aromatic N) is 2. The minimum absolute atomic E-state index is 0.0320. The predicted octanol–water partition coefficient (Wildman–Crippen LogP) is 1.60. The lowest BCUT2D eigenvalue weighted by Crippen LogP contribution is -2.41. The second-order valence-corrected chi connectivity index (χ2v) is 10.7. The first-order valence-corrected chi connectivity index (χ1v) is 12.1. The fourth-order valence-corrected chi connectivity index (χ4v) is 6.20. The number of hydrogen-bond donors (Lipinski definition) is 5. The number of rotatable bonds is 6. The summed E-state index contributed by atoms with van der Waals surface area (Å²) in [6, 6.07) is 6.63. The molecule has 1 aromatic carbocycles. The van der Waals surface area contributed by atoms with E-state index in [2.05, 4.69) is 9.71 Å². The van der Waals surface area contributed by atoms with Crippen molar-refractivity contribution in [3.8, 4) is 5.75 Å². The number of benzene rings is 1. The van der Waals surface area contributed by atoms with Crippen LogP contribution in [0.25, 0.3) is 10.2 Å². The van der Waals surface area contributed by atoms with E-state index in [4.69, 9.17) is 28.5 Å². The van der Waals surface area contributed by atoms with E-state index in [9.17, 15) is 18.3 Å². The number of halogens is 1. The summed E-state index contributed by atoms with van der Waals surface area (Å²) in [4.78, 5) is 18.4. The summed E-state index contributed by atoms with van der Waals surface area (Å²) in [6.07, 6.45) is 0.250. The molecule has 0 aliphatic carbocycles. The highest BCUT2D eigenvalue weighted by molar-refractivity contribution is 7.91. The second kappa shape index (κ2) is 8.20. The number of nitrogens with two attached hydrogens (primary N) is 2. The number of fused-ring (bicyclic) bond motifs is 1. The lowest BCUT2D eigenvalue weighted by Gasteiger charge is -2.20. The smallest absolute Gasteiger partial charge is 0.250 e. The minimum atomic E-state index is -3.96. The number of phenols is 1. The van der Waals surface area contributed by atoms with Crippen LogP contribution in [-0.2, 0) is 21.4 Å². The number of thiophene rings is 1. The van der Waals surface area contributed by atoms with Gasteiger partial charge in [-0.2, -0.15) is 4.72 Å². The van der Waals surface area contributed by atoms with Gasteiger partial charge in [0.25, 0.3) is 10.0 Å². The molecule has 0 spiro atoms. The lowest BCUT2D eigenvalue weighted by atomic mass is 10.1. The number of carbonyl (C=O) groups excluding carboxylic acids is 1. The third-order valence-electron chi connectivity index (χ3n) is 5.13. The van der Waals surface area contributed by atoms with Gasteiger partial charge in [-0.05, 0) is 36.8 Å². The van der Waals surface area contributed by atoms with Gasteiger partial charge in [0.05, 0.1) is 22.3 Å². The Bertz CT molecular complexity index is 1360. The van der Waals surface area contributed by atoms with Crippen LogP contribution in [-0.4, -0.2) is 47.7 Å². The number of amides is 1. The number of pyridine rings is 1. The molecule has 0 saturated carbocycles. The first-order chi connectivity index (χ1) is 15.1. The molecule has 0 radical (unpaired) electrons. The molecule has 4 rings (SSSR count). The van der Waals surface area contributed by atoms with Crippen LogP contribution in [0.2, 0.25) is 5.15 Å². The molecule has 32 heavy (non-hydrogen) atoms. The second-order valence-electron chi connectivity index (χ2n) is 7.25. The fraction of sp³-hybridized carbons (Fsp3) is 0.211. The highest BCUT2D eigenvalue weighted by Crippen LogP contribution is 2.32. The molecule has 10 nitrogen and oxygen atoms in total. The molecule has 1 aliphatic rings. The van der Waals surface area contributed by atoms with Crippen LogP contribution in [0.4, 0.5) is 5.69 Å². The quantitative estimate of drug-likeness (QED) is 0.149. The molecular formula is C19H19ClN6O4S2. The molecule has 1 saturated heterocycles. The summed E-state index contributed by atoms with van der Waals surface area (Å²) in [5.74, 6) is -1.05. The highest BCUT2D eigenvalue weighted by atomic mass is 35.5. The van der Waals surface area contributed by atoms with E-state index in [-0.39, 0.29) is 57.3 Å². The number of aromatic nitrogens is 1. The first-order valence-electron chi connectivity index (χ1n) is 9.39. The maximum atomic E-state index is 12.9. The van der Waals surface area contributed by atoms with Gasteiger partial charge in [-0.25, -0.2) is 13.4 Å². The van der Waals surface area contributed by atoms with Crippen LogP contribution < -0.4 is 16.2 Å². The van der Waals surface area contributed by atoms with Crippen molar-refractivity contribution in [2.45, 2.75) is 23.2 Å². The Morgan fingerprint density at radius 2 is 2.12 bits per heavy atom. The third-order valence-corrected chi connectivity index (χ3v) is 8.38. The summed E-state index contributed by atoms with van der Waals surface area (Å²) in [5.41, 5.74) is 12.5. The number of phenolic OH excluding ortho intramolecular Hbond substituents is 1. The third kappa shape index (κ3) is 4.09. The Kier molecular flexibility index (Phi) is 5.71. The van der Waals surface area contributed by atoms with Crippen LogP contribution >= 0.6 is 22.9 Å². The van der Waals surface area contributed by atoms with Crippen molar-refractivity contribution in [3.05, 3.63) is 46.6 Å². The molecule has 13 heteroatoms. The van der Waals surface area contributed by atoms with Gasteiger partial charge in [0.15, 0.2) is 0 Å². The van der Waals surface area contributed by atoms with Gasteiger partial charge >= 0.3 is 0 Å². The molecule has 0 bridgehead atoms. The Balaban J connectivity index is 1.52. The standard InChI is InChI=1S/C19H19ClN6O4S2/c20-15-4-3-14-13(24-15)7-16(31-14)32(29,30)25-12-5-6-26(19(12)28)8-10-11(21)2-1-9(17(10)27)18(22)23/h1-4,7,12,25,27H,5-6,8,21H2,(H3,22,23)/t12-/m0/s1. The van der Waals surface area contributed by atoms with E-state index >= 15 is 0 Å². The Morgan fingerprint density at radius 3 is 2.84 bits per heavy atom. The van der Waals surface area contributed by atoms with Crippen molar-refractivity contribution in [2.24, 2.45) is 5.73 Å². The topological polar surface area (TPSA) is 175 Å². The van der Waals surface area contributed by atoms with Crippen LogP contribution in [0, 0.1) is 5.41 Å². The molecule has 1 amide bonds. The Hall–Kier alpha value is -2.93. The molecule has 3 heterocycles. The van der Waals surface area contributed by atoms with E-state index in [1.54, 1.807) is 12.1 Å². The zero-order valence-corrected chi connectivity index (χ0v) is 18.9. The van der Waals surface area contributed by atoms with Crippen molar-refractivity contribution in [3.63, 3.8) is 0 Å². The normalized spacial score (nSPS) is 16.7. The lowest BCUT2D eigenvalue weighted by molar-refractivity contribution is -0.129. The molecule has 168 valence electrons. The maximum Gasteiger partial charge on any atom is 0.250 e. The van der Waals surface area contributed by atoms with E-state index in [0.29, 0.717) is 10.2 Å². The number of nitrogens with one attached hydrogen (secondary N) is 2. The van der Waals surface area contributed by atoms with Crippen molar-refractivity contribution in [2.75, 3.05) is 12.3 Å². The van der Waals surface area contributed by atoms with Crippen LogP contribution in [0.3, 0.4) is 0 Å². The minimum Gasteiger partial charge on any atom is -0.507 e. The Labute approximate surface area is 192 Å². The van der Waals surface area contributed by atoms with Crippen molar-refractivity contribution in [1.29, 1.82) is 5.41 Å². The fourth-order valence-electron chi connectivity index (χ4n) is 3.49. The molecule has 3 aromatic rings. The molecule has 2 aromatic heterocycles. The van der Waals surface area contributed by atoms with Gasteiger partial charge in [0.2, 0.25) is 5.91 Å². The average Bonchev–Trinajstić information content (AvgIpc) is 3.29. The van der Waals surface area contributed by atoms with Gasteiger partial charge in [0.1, 0.15) is 27.0 Å². The van der Waals surface area contributed by atoms with Gasteiger partial charge in [-0.1, -0.05) is 11.6 Å². The van der Waals surface area contributed by atoms with Crippen molar-refractivity contribution in [1.82, 2.24) is 14.6 Å². The molecule has 7 N–H and O–H groups in total. The Morgan fingerprint density at radius 1 is 1.38 bits per heavy atom. The summed E-state index contributed by atoms with van der Waals surface area (Å²) in [7, 11) is -3.96. The number of carbonyl (C=O) groups is 1. The first kappa shape index (κ1) is 22.3. The zero-order valence-electron chi connectivity index (χ0n) is 16.5. The predicted molar refractivity (Wildman–Crippen MR) is 122 cm³/mol. The van der Waals surface area contributed by atoms with E-state index < -0.39 is 22.0 Å². The maximum absolute atomic E-state index is 12.9. The number of anilines is 1. The number of nitrogen functional groups attached to an aromatic ring is 2. The highest BCUT2D eigenvalue weighted by Gasteiger charge is 2.36. The van der Waals surface area contributed by atoms with E-state index in [1.165, 1.54) is 23.1 Å². The van der Waals surface area contributed by atoms with E-state index in [1.807, 2.05) is 0 Å². The zero-order chi connectivity index (χ0) is 23.2. The summed E-state index contributed by atoms with van der Waals surface area (Å²) < 4.78 is 28.8. The largest absolute Gasteiger partial charge is 0.507 e. The van der Waals surface area contributed by atoms with Gasteiger partial charge in [-0.15, -0.1) is 11.3 Å². The number of hydrogen-bond acceptors (Lipinski definition) is 8.